The smallest absolute Gasteiger partial charge is 0.235 e. The number of thiophene rings is 1. The number of nitrogens with one attached hydrogen (secondary N) is 1. The standard InChI is InChI=1S/C16H16ClNOS/c17-12-5-7-13(8-6-12)18-15(19)16(9-1-2-10-16)14-4-3-11-20-14/h3-8,11H,1-2,9-10H2,(H,18,19). The van der Waals surface area contributed by atoms with E-state index in [0.29, 0.717) is 5.02 Å². The molecule has 1 aromatic heterocycles. The van der Waals surface area contributed by atoms with Gasteiger partial charge in [-0.3, -0.25) is 4.79 Å². The van der Waals surface area contributed by atoms with Crippen LogP contribution in [0.25, 0.3) is 0 Å². The van der Waals surface area contributed by atoms with E-state index in [2.05, 4.69) is 11.4 Å². The molecule has 0 unspecified atom stereocenters. The second kappa shape index (κ2) is 5.58. The summed E-state index contributed by atoms with van der Waals surface area (Å²) in [6.07, 6.45) is 4.11. The minimum Gasteiger partial charge on any atom is -0.325 e. The second-order valence-electron chi connectivity index (χ2n) is 5.23. The van der Waals surface area contributed by atoms with Gasteiger partial charge in [-0.25, -0.2) is 0 Å². The van der Waals surface area contributed by atoms with Crippen molar-refractivity contribution in [3.63, 3.8) is 0 Å². The van der Waals surface area contributed by atoms with Gasteiger partial charge in [0, 0.05) is 15.6 Å². The topological polar surface area (TPSA) is 29.1 Å². The van der Waals surface area contributed by atoms with E-state index in [1.165, 1.54) is 4.88 Å². The summed E-state index contributed by atoms with van der Waals surface area (Å²) in [5, 5.41) is 5.77. The van der Waals surface area contributed by atoms with Crippen molar-refractivity contribution in [1.82, 2.24) is 0 Å². The molecule has 2 nitrogen and oxygen atoms in total. The van der Waals surface area contributed by atoms with E-state index < -0.39 is 0 Å². The van der Waals surface area contributed by atoms with E-state index in [1.54, 1.807) is 23.5 Å². The van der Waals surface area contributed by atoms with E-state index in [0.717, 1.165) is 31.4 Å². The van der Waals surface area contributed by atoms with Gasteiger partial charge in [-0.1, -0.05) is 30.5 Å². The van der Waals surface area contributed by atoms with Crippen molar-refractivity contribution in [3.8, 4) is 0 Å². The van der Waals surface area contributed by atoms with Gasteiger partial charge in [0.05, 0.1) is 5.41 Å². The first kappa shape index (κ1) is 13.7. The molecule has 1 saturated carbocycles. The Morgan fingerprint density at radius 1 is 1.15 bits per heavy atom. The Bertz CT molecular complexity index is 585. The Labute approximate surface area is 127 Å². The first-order chi connectivity index (χ1) is 9.71. The van der Waals surface area contributed by atoms with Crippen molar-refractivity contribution in [3.05, 3.63) is 51.7 Å². The van der Waals surface area contributed by atoms with Crippen molar-refractivity contribution < 1.29 is 4.79 Å². The van der Waals surface area contributed by atoms with Gasteiger partial charge in [-0.05, 0) is 48.6 Å². The molecule has 104 valence electrons. The molecule has 1 N–H and O–H groups in total. The molecule has 1 aromatic carbocycles. The Morgan fingerprint density at radius 2 is 1.85 bits per heavy atom. The van der Waals surface area contributed by atoms with Crippen LogP contribution in [0.2, 0.25) is 5.02 Å². The maximum absolute atomic E-state index is 12.8. The van der Waals surface area contributed by atoms with Gasteiger partial charge in [0.1, 0.15) is 0 Å². The number of benzene rings is 1. The lowest BCUT2D eigenvalue weighted by atomic mass is 9.83. The Morgan fingerprint density at radius 3 is 2.45 bits per heavy atom. The molecule has 0 aliphatic heterocycles. The second-order valence-corrected chi connectivity index (χ2v) is 6.61. The summed E-state index contributed by atoms with van der Waals surface area (Å²) < 4.78 is 0. The summed E-state index contributed by atoms with van der Waals surface area (Å²) in [7, 11) is 0. The molecule has 1 fully saturated rings. The number of rotatable bonds is 3. The summed E-state index contributed by atoms with van der Waals surface area (Å²) >= 11 is 7.55. The van der Waals surface area contributed by atoms with Crippen LogP contribution in [-0.2, 0) is 10.2 Å². The van der Waals surface area contributed by atoms with E-state index in [4.69, 9.17) is 11.6 Å². The lowest BCUT2D eigenvalue weighted by Gasteiger charge is -2.26. The summed E-state index contributed by atoms with van der Waals surface area (Å²) in [5.41, 5.74) is 0.468. The SMILES string of the molecule is O=C(Nc1ccc(Cl)cc1)C1(c2cccs2)CCCC1. The number of anilines is 1. The van der Waals surface area contributed by atoms with E-state index in [-0.39, 0.29) is 11.3 Å². The predicted octanol–water partition coefficient (Wildman–Crippen LogP) is 4.85. The van der Waals surface area contributed by atoms with Crippen molar-refractivity contribution in [2.75, 3.05) is 5.32 Å². The zero-order valence-electron chi connectivity index (χ0n) is 11.1. The Kier molecular flexibility index (Phi) is 3.81. The molecular weight excluding hydrogens is 290 g/mol. The van der Waals surface area contributed by atoms with Crippen molar-refractivity contribution in [2.24, 2.45) is 0 Å². The zero-order chi connectivity index (χ0) is 14.0. The van der Waals surface area contributed by atoms with Crippen LogP contribution in [0, 0.1) is 0 Å². The van der Waals surface area contributed by atoms with Crippen LogP contribution in [0.5, 0.6) is 0 Å². The molecule has 0 saturated heterocycles. The molecule has 1 heterocycles. The van der Waals surface area contributed by atoms with Gasteiger partial charge in [0.2, 0.25) is 5.91 Å². The average molecular weight is 306 g/mol. The monoisotopic (exact) mass is 305 g/mol. The molecule has 0 radical (unpaired) electrons. The Hall–Kier alpha value is -1.32. The van der Waals surface area contributed by atoms with Crippen LogP contribution in [0.4, 0.5) is 5.69 Å². The predicted molar refractivity (Wildman–Crippen MR) is 84.5 cm³/mol. The van der Waals surface area contributed by atoms with Crippen LogP contribution >= 0.6 is 22.9 Å². The van der Waals surface area contributed by atoms with Gasteiger partial charge in [0.25, 0.3) is 0 Å². The van der Waals surface area contributed by atoms with E-state index in [1.807, 2.05) is 23.6 Å². The molecule has 1 aliphatic rings. The fourth-order valence-corrected chi connectivity index (χ4v) is 4.01. The molecule has 0 atom stereocenters. The molecule has 0 bridgehead atoms. The molecule has 1 amide bonds. The van der Waals surface area contributed by atoms with Gasteiger partial charge in [-0.15, -0.1) is 11.3 Å². The molecule has 3 rings (SSSR count). The third-order valence-corrected chi connectivity index (χ3v) is 5.31. The van der Waals surface area contributed by atoms with Crippen LogP contribution in [0.1, 0.15) is 30.6 Å². The van der Waals surface area contributed by atoms with Crippen molar-refractivity contribution in [2.45, 2.75) is 31.1 Å². The van der Waals surface area contributed by atoms with E-state index >= 15 is 0 Å². The highest BCUT2D eigenvalue weighted by atomic mass is 35.5. The number of carbonyl (C=O) groups is 1. The minimum atomic E-state index is -0.339. The highest BCUT2D eigenvalue weighted by Gasteiger charge is 2.43. The minimum absolute atomic E-state index is 0.111. The first-order valence-corrected chi connectivity index (χ1v) is 8.07. The van der Waals surface area contributed by atoms with E-state index in [9.17, 15) is 4.79 Å². The van der Waals surface area contributed by atoms with Gasteiger partial charge >= 0.3 is 0 Å². The third kappa shape index (κ3) is 2.48. The average Bonchev–Trinajstić information content (AvgIpc) is 3.12. The summed E-state index contributed by atoms with van der Waals surface area (Å²) in [4.78, 5) is 14.0. The summed E-state index contributed by atoms with van der Waals surface area (Å²) in [5.74, 6) is 0.111. The fourth-order valence-electron chi connectivity index (χ4n) is 2.90. The van der Waals surface area contributed by atoms with Gasteiger partial charge < -0.3 is 5.32 Å². The maximum atomic E-state index is 12.8. The first-order valence-electron chi connectivity index (χ1n) is 6.82. The number of carbonyl (C=O) groups excluding carboxylic acids is 1. The van der Waals surface area contributed by atoms with Gasteiger partial charge in [0.15, 0.2) is 0 Å². The summed E-state index contributed by atoms with van der Waals surface area (Å²) in [6, 6.07) is 11.4. The van der Waals surface area contributed by atoms with Crippen LogP contribution < -0.4 is 5.32 Å². The molecular formula is C16H16ClNOS. The fraction of sp³-hybridized carbons (Fsp3) is 0.312. The summed E-state index contributed by atoms with van der Waals surface area (Å²) in [6.45, 7) is 0. The lowest BCUT2D eigenvalue weighted by Crippen LogP contribution is -2.37. The molecule has 4 heteroatoms. The number of hydrogen-bond donors (Lipinski definition) is 1. The van der Waals surface area contributed by atoms with Crippen molar-refractivity contribution >= 4 is 34.5 Å². The zero-order valence-corrected chi connectivity index (χ0v) is 12.6. The number of amides is 1. The highest BCUT2D eigenvalue weighted by molar-refractivity contribution is 7.10. The van der Waals surface area contributed by atoms with Crippen LogP contribution in [0.15, 0.2) is 41.8 Å². The molecule has 1 aliphatic carbocycles. The van der Waals surface area contributed by atoms with Crippen molar-refractivity contribution in [1.29, 1.82) is 0 Å². The number of hydrogen-bond acceptors (Lipinski definition) is 2. The normalized spacial score (nSPS) is 17.1. The third-order valence-electron chi connectivity index (χ3n) is 3.99. The van der Waals surface area contributed by atoms with Gasteiger partial charge in [-0.2, -0.15) is 0 Å². The quantitative estimate of drug-likeness (QED) is 0.862. The lowest BCUT2D eigenvalue weighted by molar-refractivity contribution is -0.121. The number of halogens is 1. The van der Waals surface area contributed by atoms with Crippen LogP contribution in [0.3, 0.4) is 0 Å². The maximum Gasteiger partial charge on any atom is 0.235 e. The molecule has 20 heavy (non-hydrogen) atoms. The highest BCUT2D eigenvalue weighted by Crippen LogP contribution is 2.43. The Balaban J connectivity index is 1.85. The molecule has 2 aromatic rings. The van der Waals surface area contributed by atoms with Crippen LogP contribution in [-0.4, -0.2) is 5.91 Å². The largest absolute Gasteiger partial charge is 0.325 e. The molecule has 0 spiro atoms.